The van der Waals surface area contributed by atoms with Crippen molar-refractivity contribution in [1.29, 1.82) is 0 Å². The van der Waals surface area contributed by atoms with Crippen LogP contribution in [0.3, 0.4) is 0 Å². The predicted octanol–water partition coefficient (Wildman–Crippen LogP) is -3.54. The molecular weight excluding hydrogens is 1180 g/mol. The monoisotopic (exact) mass is 1260 g/mol. The predicted molar refractivity (Wildman–Crippen MR) is 303 cm³/mol. The molecule has 0 saturated carbocycles. The molecule has 7 amide bonds. The van der Waals surface area contributed by atoms with E-state index in [9.17, 15) is 92.5 Å². The summed E-state index contributed by atoms with van der Waals surface area (Å²) in [7, 11) is -5.34. The number of aromatic hydroxyl groups is 1. The first-order valence-electron chi connectivity index (χ1n) is 28.1. The second-order valence-corrected chi connectivity index (χ2v) is 23.0. The van der Waals surface area contributed by atoms with Gasteiger partial charge in [0.2, 0.25) is 41.4 Å². The zero-order valence-corrected chi connectivity index (χ0v) is 48.7. The lowest BCUT2D eigenvalue weighted by Crippen LogP contribution is -2.64. The quantitative estimate of drug-likeness (QED) is 0.0319. The first kappa shape index (κ1) is 67.6. The Bertz CT molecular complexity index is 3250. The normalized spacial score (nSPS) is 26.7. The number of nitrogens with two attached hydrogens (primary N) is 1. The van der Waals surface area contributed by atoms with E-state index in [4.69, 9.17) is 15.0 Å². The van der Waals surface area contributed by atoms with E-state index in [-0.39, 0.29) is 6.54 Å². The molecule has 0 spiro atoms. The summed E-state index contributed by atoms with van der Waals surface area (Å²) >= 11 is 0. The summed E-state index contributed by atoms with van der Waals surface area (Å²) in [5.74, 6) is -11.2. The van der Waals surface area contributed by atoms with Gasteiger partial charge in [0.1, 0.15) is 60.0 Å². The van der Waals surface area contributed by atoms with E-state index >= 15 is 0 Å². The smallest absolute Gasteiger partial charge is 0.446 e. The van der Waals surface area contributed by atoms with Gasteiger partial charge >= 0.3 is 10.4 Å². The Morgan fingerprint density at radius 2 is 1.44 bits per heavy atom. The Hall–Kier alpha value is -7.89. The Kier molecular flexibility index (Phi) is 22.6. The maximum Gasteiger partial charge on any atom is 0.446 e. The van der Waals surface area contributed by atoms with Gasteiger partial charge in [0, 0.05) is 55.6 Å². The van der Waals surface area contributed by atoms with E-state index < -0.39 is 192 Å². The number of unbranched alkanes of at least 4 members (excludes halogenated alkanes) is 2. The molecule has 0 aliphatic carbocycles. The van der Waals surface area contributed by atoms with Gasteiger partial charge in [0.25, 0.3) is 0 Å². The number of phenolic OH excluding ortho intramolecular Hbond substituents is 1. The highest BCUT2D eigenvalue weighted by Crippen LogP contribution is 2.34. The van der Waals surface area contributed by atoms with Crippen molar-refractivity contribution in [3.05, 3.63) is 83.9 Å². The minimum Gasteiger partial charge on any atom is -0.504 e. The summed E-state index contributed by atoms with van der Waals surface area (Å²) in [6.07, 6.45) is -16.3. The first-order chi connectivity index (χ1) is 41.5. The van der Waals surface area contributed by atoms with Crippen LogP contribution in [-0.4, -0.2) is 214 Å². The molecule has 17 N–H and O–H groups in total. The van der Waals surface area contributed by atoms with Gasteiger partial charge in [-0.3, -0.25) is 38.1 Å². The molecule has 4 heterocycles. The van der Waals surface area contributed by atoms with E-state index in [1.165, 1.54) is 6.92 Å². The summed E-state index contributed by atoms with van der Waals surface area (Å²) in [6, 6.07) is 5.57. The average molecular weight is 1260 g/mol. The van der Waals surface area contributed by atoms with Gasteiger partial charge in [0.15, 0.2) is 23.5 Å². The zero-order valence-electron chi connectivity index (χ0n) is 47.9. The minimum atomic E-state index is -5.34. The number of fused-ring (bicyclic) bond motifs is 2. The Morgan fingerprint density at radius 3 is 2.09 bits per heavy atom. The van der Waals surface area contributed by atoms with Crippen LogP contribution in [0.15, 0.2) is 77.3 Å². The number of ether oxygens (including phenoxy) is 1. The maximum atomic E-state index is 14.7. The van der Waals surface area contributed by atoms with Crippen molar-refractivity contribution in [3.8, 4) is 39.8 Å². The number of aliphatic hydroxyl groups is 8. The summed E-state index contributed by atoms with van der Waals surface area (Å²) in [4.78, 5) is 101. The number of phenols is 1. The second-order valence-electron chi connectivity index (χ2n) is 22.0. The number of amides is 7. The van der Waals surface area contributed by atoms with Crippen LogP contribution >= 0.6 is 0 Å². The highest BCUT2D eigenvalue weighted by molar-refractivity contribution is 7.81. The molecule has 1 aromatic heterocycles. The van der Waals surface area contributed by atoms with Gasteiger partial charge < -0.3 is 102 Å². The summed E-state index contributed by atoms with van der Waals surface area (Å²) in [5.41, 5.74) is 7.16. The molecule has 32 heteroatoms. The van der Waals surface area contributed by atoms with Crippen molar-refractivity contribution in [1.82, 2.24) is 41.5 Å². The van der Waals surface area contributed by atoms with Gasteiger partial charge in [-0.2, -0.15) is 8.42 Å². The number of benzene rings is 3. The third-order valence-corrected chi connectivity index (χ3v) is 15.6. The van der Waals surface area contributed by atoms with E-state index in [1.807, 2.05) is 24.3 Å². The van der Waals surface area contributed by atoms with Crippen molar-refractivity contribution in [2.45, 2.75) is 151 Å². The molecule has 15 unspecified atom stereocenters. The molecule has 7 rings (SSSR count). The molecule has 3 aliphatic heterocycles. The summed E-state index contributed by atoms with van der Waals surface area (Å²) in [6.45, 7) is 3.81. The highest BCUT2D eigenvalue weighted by atomic mass is 32.3. The van der Waals surface area contributed by atoms with Gasteiger partial charge in [0.05, 0.1) is 43.5 Å². The van der Waals surface area contributed by atoms with Gasteiger partial charge in [-0.15, -0.1) is 0 Å². The van der Waals surface area contributed by atoms with Crippen molar-refractivity contribution in [2.75, 3.05) is 19.7 Å². The molecule has 480 valence electrons. The summed E-state index contributed by atoms with van der Waals surface area (Å²) < 4.78 is 48.2. The van der Waals surface area contributed by atoms with Crippen LogP contribution in [0.2, 0.25) is 0 Å². The van der Waals surface area contributed by atoms with Crippen LogP contribution in [0.5, 0.6) is 17.2 Å². The van der Waals surface area contributed by atoms with Crippen LogP contribution in [0.1, 0.15) is 76.5 Å². The van der Waals surface area contributed by atoms with Crippen molar-refractivity contribution in [3.63, 3.8) is 0 Å². The molecule has 88 heavy (non-hydrogen) atoms. The topological polar surface area (TPSA) is 493 Å². The molecular formula is C56H73N9O22S. The van der Waals surface area contributed by atoms with Gasteiger partial charge in [-0.1, -0.05) is 62.2 Å². The fourth-order valence-electron chi connectivity index (χ4n) is 10.4. The molecule has 15 atom stereocenters. The third-order valence-electron chi connectivity index (χ3n) is 15.2. The first-order valence-corrected chi connectivity index (χ1v) is 29.5. The van der Waals surface area contributed by atoms with E-state index in [1.54, 1.807) is 30.3 Å². The molecule has 4 aromatic rings. The molecule has 0 radical (unpaired) electrons. The Labute approximate surface area is 503 Å². The lowest BCUT2D eigenvalue weighted by molar-refractivity contribution is -0.149. The standard InChI is InChI=1S/C56H73N9O22S/c1-4-5-6-17-85-33-14-11-30(12-15-33)40-21-34(63-86-40)29-9-7-28(8-10-29)23-58-35-20-39(70)52(77)62-54(79)46-47(72)26(2)24-65(46)56(81)44(38(69)22-42(57)71)60-53(78)45(49(74)48(73)31-13-16-37(68)41(18-31)87-88(82,83)84)61-51(76)36-19-32(67)25-64(36)55(80)43(27(3)66)59-50(35)75/h7-16,18,21,26-27,32,35-36,38-39,43-49,52,58,66-70,72-74,77H,4-6,17,19-20,22-25H2,1-3H3,(H2,57,71)(H,59,75)(H,60,78)(H,61,76)(H,62,79)(H,82,83,84). The number of aliphatic hydroxyl groups excluding tert-OH is 8. The van der Waals surface area contributed by atoms with E-state index in [2.05, 4.69) is 42.8 Å². The number of nitrogens with one attached hydrogen (secondary N) is 5. The summed E-state index contributed by atoms with van der Waals surface area (Å²) in [5, 5.41) is 117. The van der Waals surface area contributed by atoms with Crippen LogP contribution in [0.25, 0.3) is 22.6 Å². The van der Waals surface area contributed by atoms with Crippen molar-refractivity contribution >= 4 is 51.7 Å². The lowest BCUT2D eigenvalue weighted by Gasteiger charge is -2.34. The molecule has 3 fully saturated rings. The number of hydrogen-bond acceptors (Lipinski definition) is 23. The minimum absolute atomic E-state index is 0.162. The molecule has 31 nitrogen and oxygen atoms in total. The largest absolute Gasteiger partial charge is 0.504 e. The number of aromatic nitrogens is 1. The van der Waals surface area contributed by atoms with Crippen molar-refractivity contribution < 1.29 is 106 Å². The highest BCUT2D eigenvalue weighted by Gasteiger charge is 2.51. The van der Waals surface area contributed by atoms with Crippen molar-refractivity contribution in [2.24, 2.45) is 11.7 Å². The zero-order chi connectivity index (χ0) is 64.5. The Morgan fingerprint density at radius 1 is 0.795 bits per heavy atom. The SMILES string of the molecule is CCCCCOc1ccc(-c2cc(-c3ccc(CNC4CC(O)C(O)NC(=O)C5C(O)C(C)CN5C(=O)C(C(O)CC(N)=O)NC(=O)C(C(O)C(O)c5ccc(O)c(OS(=O)(=O)O)c5)NC(=O)C5CC(O)CN5C(=O)C(C(C)O)NC4=O)cc3)no2)cc1. The molecule has 3 aliphatic rings. The molecule has 3 aromatic carbocycles. The van der Waals surface area contributed by atoms with Crippen LogP contribution < -0.4 is 41.2 Å². The van der Waals surface area contributed by atoms with E-state index in [0.29, 0.717) is 50.8 Å². The van der Waals surface area contributed by atoms with Gasteiger partial charge in [-0.05, 0) is 60.9 Å². The number of carbonyl (C=O) groups is 7. The van der Waals surface area contributed by atoms with Gasteiger partial charge in [-0.25, -0.2) is 0 Å². The molecule has 3 saturated heterocycles. The number of carbonyl (C=O) groups excluding carboxylic acids is 7. The van der Waals surface area contributed by atoms with Crippen LogP contribution in [0.4, 0.5) is 0 Å². The fraction of sp³-hybridized carbons (Fsp3) is 0.500. The lowest BCUT2D eigenvalue weighted by atomic mass is 9.96. The number of nitrogens with zero attached hydrogens (tertiary/aromatic N) is 3. The second kappa shape index (κ2) is 29.4. The van der Waals surface area contributed by atoms with Crippen LogP contribution in [-0.2, 0) is 50.5 Å². The maximum absolute atomic E-state index is 14.7. The average Bonchev–Trinajstić information content (AvgIpc) is 2.12. The number of primary amides is 1. The fourth-order valence-corrected chi connectivity index (χ4v) is 10.8. The number of rotatable bonds is 19. The molecule has 0 bridgehead atoms. The van der Waals surface area contributed by atoms with Crippen LogP contribution in [0, 0.1) is 5.92 Å². The number of hydrogen-bond donors (Lipinski definition) is 16. The van der Waals surface area contributed by atoms with E-state index in [0.717, 1.165) is 43.9 Å². The Balaban J connectivity index is 1.21. The third kappa shape index (κ3) is 16.8.